The highest BCUT2D eigenvalue weighted by molar-refractivity contribution is 5.71. The van der Waals surface area contributed by atoms with Crippen molar-refractivity contribution >= 4 is 11.2 Å². The summed E-state index contributed by atoms with van der Waals surface area (Å²) in [7, 11) is 0. The molecule has 0 radical (unpaired) electrons. The highest BCUT2D eigenvalue weighted by atomic mass is 15.1. The fourth-order valence-corrected chi connectivity index (χ4v) is 3.23. The van der Waals surface area contributed by atoms with E-state index in [1.165, 1.54) is 12.8 Å². The van der Waals surface area contributed by atoms with Crippen molar-refractivity contribution in [3.8, 4) is 0 Å². The van der Waals surface area contributed by atoms with Crippen LogP contribution in [0, 0.1) is 0 Å². The molecule has 2 N–H and O–H groups in total. The SMILES string of the molecule is CCn1c(C2(CN)CCCC2)nc2cccnc21. The number of pyridine rings is 1. The summed E-state index contributed by atoms with van der Waals surface area (Å²) in [5, 5.41) is 0. The number of nitrogens with zero attached hydrogens (tertiary/aromatic N) is 3. The molecule has 2 aromatic rings. The molecule has 0 unspecified atom stereocenters. The second-order valence-corrected chi connectivity index (χ2v) is 5.22. The van der Waals surface area contributed by atoms with E-state index < -0.39 is 0 Å². The van der Waals surface area contributed by atoms with E-state index in [2.05, 4.69) is 16.5 Å². The molecule has 0 saturated heterocycles. The normalized spacial score (nSPS) is 18.6. The first kappa shape index (κ1) is 11.7. The van der Waals surface area contributed by atoms with Crippen LogP contribution in [0.3, 0.4) is 0 Å². The van der Waals surface area contributed by atoms with Crippen LogP contribution >= 0.6 is 0 Å². The summed E-state index contributed by atoms with van der Waals surface area (Å²) in [6.45, 7) is 3.75. The van der Waals surface area contributed by atoms with Gasteiger partial charge in [-0.25, -0.2) is 9.97 Å². The molecule has 1 saturated carbocycles. The first-order chi connectivity index (χ1) is 8.80. The van der Waals surface area contributed by atoms with E-state index in [0.29, 0.717) is 6.54 Å². The van der Waals surface area contributed by atoms with Gasteiger partial charge in [-0.05, 0) is 31.9 Å². The Morgan fingerprint density at radius 2 is 2.17 bits per heavy atom. The zero-order valence-electron chi connectivity index (χ0n) is 10.9. The Balaban J connectivity index is 2.21. The van der Waals surface area contributed by atoms with Gasteiger partial charge in [-0.2, -0.15) is 0 Å². The van der Waals surface area contributed by atoms with Gasteiger partial charge in [0.25, 0.3) is 0 Å². The minimum absolute atomic E-state index is 0.0801. The molecule has 4 nitrogen and oxygen atoms in total. The highest BCUT2D eigenvalue weighted by Crippen LogP contribution is 2.40. The summed E-state index contributed by atoms with van der Waals surface area (Å²) in [6, 6.07) is 3.99. The zero-order valence-corrected chi connectivity index (χ0v) is 10.9. The molecule has 2 aromatic heterocycles. The van der Waals surface area contributed by atoms with Gasteiger partial charge in [0.05, 0.1) is 0 Å². The van der Waals surface area contributed by atoms with Gasteiger partial charge in [-0.15, -0.1) is 0 Å². The summed E-state index contributed by atoms with van der Waals surface area (Å²) >= 11 is 0. The average Bonchev–Trinajstić information content (AvgIpc) is 3.03. The fraction of sp³-hybridized carbons (Fsp3) is 0.571. The largest absolute Gasteiger partial charge is 0.329 e. The van der Waals surface area contributed by atoms with Crippen LogP contribution in [0.5, 0.6) is 0 Å². The predicted molar refractivity (Wildman–Crippen MR) is 72.4 cm³/mol. The van der Waals surface area contributed by atoms with Crippen molar-refractivity contribution in [1.29, 1.82) is 0 Å². The Morgan fingerprint density at radius 1 is 1.39 bits per heavy atom. The van der Waals surface area contributed by atoms with Gasteiger partial charge in [0.2, 0.25) is 0 Å². The second-order valence-electron chi connectivity index (χ2n) is 5.22. The van der Waals surface area contributed by atoms with E-state index in [0.717, 1.165) is 36.4 Å². The first-order valence-corrected chi connectivity index (χ1v) is 6.82. The number of hydrogen-bond acceptors (Lipinski definition) is 3. The van der Waals surface area contributed by atoms with E-state index in [4.69, 9.17) is 10.7 Å². The van der Waals surface area contributed by atoms with Crippen molar-refractivity contribution in [2.75, 3.05) is 6.54 Å². The topological polar surface area (TPSA) is 56.7 Å². The van der Waals surface area contributed by atoms with E-state index in [-0.39, 0.29) is 5.41 Å². The quantitative estimate of drug-likeness (QED) is 0.900. The molecule has 96 valence electrons. The Labute approximate surface area is 107 Å². The number of imidazole rings is 1. The molecule has 0 bridgehead atoms. The molecular formula is C14H20N4. The lowest BCUT2D eigenvalue weighted by atomic mass is 9.85. The number of aryl methyl sites for hydroxylation is 1. The average molecular weight is 244 g/mol. The molecule has 1 aliphatic rings. The fourth-order valence-electron chi connectivity index (χ4n) is 3.23. The number of fused-ring (bicyclic) bond motifs is 1. The minimum Gasteiger partial charge on any atom is -0.329 e. The van der Waals surface area contributed by atoms with Gasteiger partial charge in [0, 0.05) is 24.7 Å². The molecule has 0 atom stereocenters. The number of aromatic nitrogens is 3. The van der Waals surface area contributed by atoms with Crippen molar-refractivity contribution in [3.05, 3.63) is 24.2 Å². The molecule has 4 heteroatoms. The lowest BCUT2D eigenvalue weighted by Gasteiger charge is -2.27. The van der Waals surface area contributed by atoms with Gasteiger partial charge >= 0.3 is 0 Å². The Kier molecular flexibility index (Phi) is 2.82. The summed E-state index contributed by atoms with van der Waals surface area (Å²) in [5.74, 6) is 1.15. The van der Waals surface area contributed by atoms with Crippen LogP contribution in [0.4, 0.5) is 0 Å². The van der Waals surface area contributed by atoms with E-state index in [9.17, 15) is 0 Å². The van der Waals surface area contributed by atoms with Crippen molar-refractivity contribution in [2.24, 2.45) is 5.73 Å². The van der Waals surface area contributed by atoms with Crippen LogP contribution < -0.4 is 5.73 Å². The molecule has 0 amide bonds. The maximum absolute atomic E-state index is 6.07. The lowest BCUT2D eigenvalue weighted by Crippen LogP contribution is -2.35. The molecule has 1 fully saturated rings. The minimum atomic E-state index is 0.0801. The Hall–Kier alpha value is -1.42. The predicted octanol–water partition coefficient (Wildman–Crippen LogP) is 2.22. The molecule has 0 aromatic carbocycles. The standard InChI is InChI=1S/C14H20N4/c1-2-18-12-11(6-5-9-16-12)17-13(18)14(10-15)7-3-4-8-14/h5-6,9H,2-4,7-8,10,15H2,1H3. The molecule has 1 aliphatic carbocycles. The van der Waals surface area contributed by atoms with Gasteiger partial charge in [-0.1, -0.05) is 12.8 Å². The second kappa shape index (κ2) is 4.35. The smallest absolute Gasteiger partial charge is 0.159 e. The van der Waals surface area contributed by atoms with E-state index in [1.54, 1.807) is 0 Å². The Morgan fingerprint density at radius 3 is 2.83 bits per heavy atom. The van der Waals surface area contributed by atoms with Crippen LogP contribution in [0.15, 0.2) is 18.3 Å². The zero-order chi connectivity index (χ0) is 12.6. The van der Waals surface area contributed by atoms with Crippen LogP contribution in [0.2, 0.25) is 0 Å². The van der Waals surface area contributed by atoms with Crippen molar-refractivity contribution in [3.63, 3.8) is 0 Å². The number of nitrogens with two attached hydrogens (primary N) is 1. The number of hydrogen-bond donors (Lipinski definition) is 1. The van der Waals surface area contributed by atoms with Crippen LogP contribution in [-0.4, -0.2) is 21.1 Å². The van der Waals surface area contributed by atoms with Crippen LogP contribution in [0.1, 0.15) is 38.4 Å². The van der Waals surface area contributed by atoms with Gasteiger partial charge in [-0.3, -0.25) is 0 Å². The van der Waals surface area contributed by atoms with Crippen LogP contribution in [0.25, 0.3) is 11.2 Å². The molecule has 2 heterocycles. The van der Waals surface area contributed by atoms with E-state index >= 15 is 0 Å². The summed E-state index contributed by atoms with van der Waals surface area (Å²) in [6.07, 6.45) is 6.68. The molecule has 0 spiro atoms. The molecule has 0 aliphatic heterocycles. The molecular weight excluding hydrogens is 224 g/mol. The third-order valence-corrected chi connectivity index (χ3v) is 4.25. The van der Waals surface area contributed by atoms with E-state index in [1.807, 2.05) is 18.3 Å². The van der Waals surface area contributed by atoms with Crippen molar-refractivity contribution in [1.82, 2.24) is 14.5 Å². The Bertz CT molecular complexity index is 552. The van der Waals surface area contributed by atoms with Crippen molar-refractivity contribution < 1.29 is 0 Å². The summed E-state index contributed by atoms with van der Waals surface area (Å²) in [5.41, 5.74) is 8.14. The maximum atomic E-state index is 6.07. The number of rotatable bonds is 3. The molecule has 18 heavy (non-hydrogen) atoms. The lowest BCUT2D eigenvalue weighted by molar-refractivity contribution is 0.407. The summed E-state index contributed by atoms with van der Waals surface area (Å²) < 4.78 is 2.24. The third-order valence-electron chi connectivity index (χ3n) is 4.25. The maximum Gasteiger partial charge on any atom is 0.159 e. The summed E-state index contributed by atoms with van der Waals surface area (Å²) in [4.78, 5) is 9.30. The monoisotopic (exact) mass is 244 g/mol. The first-order valence-electron chi connectivity index (χ1n) is 6.82. The van der Waals surface area contributed by atoms with Crippen molar-refractivity contribution in [2.45, 2.75) is 44.6 Å². The van der Waals surface area contributed by atoms with Gasteiger partial charge < -0.3 is 10.3 Å². The third kappa shape index (κ3) is 1.56. The molecule has 3 rings (SSSR count). The van der Waals surface area contributed by atoms with Crippen LogP contribution in [-0.2, 0) is 12.0 Å². The van der Waals surface area contributed by atoms with Gasteiger partial charge in [0.15, 0.2) is 5.65 Å². The highest BCUT2D eigenvalue weighted by Gasteiger charge is 2.38. The van der Waals surface area contributed by atoms with Gasteiger partial charge in [0.1, 0.15) is 11.3 Å².